The lowest BCUT2D eigenvalue weighted by Gasteiger charge is -2.50. The number of benzene rings is 1. The monoisotopic (exact) mass is 413 g/mol. The Morgan fingerprint density at radius 2 is 1.90 bits per heavy atom. The predicted molar refractivity (Wildman–Crippen MR) is 109 cm³/mol. The number of esters is 1. The van der Waals surface area contributed by atoms with Crippen LogP contribution in [-0.4, -0.2) is 52.9 Å². The van der Waals surface area contributed by atoms with E-state index in [2.05, 4.69) is 5.32 Å². The van der Waals surface area contributed by atoms with Crippen molar-refractivity contribution in [3.05, 3.63) is 29.8 Å². The van der Waals surface area contributed by atoms with E-state index in [9.17, 15) is 19.2 Å². The van der Waals surface area contributed by atoms with Crippen LogP contribution in [0.15, 0.2) is 24.3 Å². The van der Waals surface area contributed by atoms with E-state index in [1.807, 2.05) is 0 Å². The fourth-order valence-electron chi connectivity index (χ4n) is 4.96. The summed E-state index contributed by atoms with van der Waals surface area (Å²) in [5, 5.41) is 2.88. The number of nitrogens with one attached hydrogen (secondary N) is 1. The van der Waals surface area contributed by atoms with Gasteiger partial charge >= 0.3 is 5.97 Å². The van der Waals surface area contributed by atoms with Gasteiger partial charge < -0.3 is 15.0 Å². The molecule has 160 valence electrons. The first kappa shape index (κ1) is 20.4. The fourth-order valence-corrected chi connectivity index (χ4v) is 4.96. The maximum atomic E-state index is 13.4. The molecule has 1 aliphatic carbocycles. The number of hydrogen-bond acceptors (Lipinski definition) is 5. The average molecular weight is 413 g/mol. The summed E-state index contributed by atoms with van der Waals surface area (Å²) in [4.78, 5) is 54.6. The summed E-state index contributed by atoms with van der Waals surface area (Å²) in [5.74, 6) is -1.67. The lowest BCUT2D eigenvalue weighted by molar-refractivity contribution is -0.161. The maximum absolute atomic E-state index is 13.4. The molecule has 0 unspecified atom stereocenters. The maximum Gasteiger partial charge on any atom is 0.354 e. The Labute approximate surface area is 175 Å². The molecular formula is C22H27N3O5. The standard InChI is InChI=1S/C22H27N3O5/c1-14(2)24-20(28)16-9-5-6-10-17(16)25-19(27)11-12-22(24,25)21(29)30-13-18(26)23-15-7-3-4-8-15/h5-6,9-10,14-15H,3-4,7-8,11-13H2,1-2H3,(H,23,26)/t22-/m1/s1. The molecule has 1 saturated heterocycles. The molecule has 1 atom stereocenters. The number of carbonyl (C=O) groups is 4. The van der Waals surface area contributed by atoms with E-state index in [1.165, 1.54) is 9.80 Å². The zero-order valence-electron chi connectivity index (χ0n) is 17.3. The summed E-state index contributed by atoms with van der Waals surface area (Å²) in [6.07, 6.45) is 4.27. The smallest absolute Gasteiger partial charge is 0.354 e. The molecule has 8 nitrogen and oxygen atoms in total. The van der Waals surface area contributed by atoms with Crippen molar-refractivity contribution < 1.29 is 23.9 Å². The molecule has 4 rings (SSSR count). The number of anilines is 1. The number of amides is 3. The molecule has 1 saturated carbocycles. The average Bonchev–Trinajstić information content (AvgIpc) is 3.34. The summed E-state index contributed by atoms with van der Waals surface area (Å²) >= 11 is 0. The van der Waals surface area contributed by atoms with E-state index >= 15 is 0 Å². The topological polar surface area (TPSA) is 96.0 Å². The van der Waals surface area contributed by atoms with Gasteiger partial charge in [-0.1, -0.05) is 25.0 Å². The van der Waals surface area contributed by atoms with Crippen molar-refractivity contribution in [3.63, 3.8) is 0 Å². The van der Waals surface area contributed by atoms with E-state index < -0.39 is 18.2 Å². The van der Waals surface area contributed by atoms with Crippen LogP contribution in [0.5, 0.6) is 0 Å². The zero-order chi connectivity index (χ0) is 21.5. The van der Waals surface area contributed by atoms with Gasteiger partial charge in [0.05, 0.1) is 11.3 Å². The van der Waals surface area contributed by atoms with Crippen LogP contribution >= 0.6 is 0 Å². The third kappa shape index (κ3) is 3.14. The number of ether oxygens (including phenoxy) is 1. The van der Waals surface area contributed by atoms with Crippen molar-refractivity contribution in [3.8, 4) is 0 Å². The molecule has 1 aromatic rings. The molecule has 0 aromatic heterocycles. The van der Waals surface area contributed by atoms with Crippen molar-refractivity contribution in [1.82, 2.24) is 10.2 Å². The molecule has 1 N–H and O–H groups in total. The molecule has 30 heavy (non-hydrogen) atoms. The quantitative estimate of drug-likeness (QED) is 0.745. The van der Waals surface area contributed by atoms with E-state index in [4.69, 9.17) is 4.74 Å². The molecule has 3 amide bonds. The Balaban J connectivity index is 1.63. The minimum absolute atomic E-state index is 0.119. The van der Waals surface area contributed by atoms with Crippen LogP contribution in [0.25, 0.3) is 0 Å². The molecule has 0 radical (unpaired) electrons. The van der Waals surface area contributed by atoms with Crippen molar-refractivity contribution in [2.45, 2.75) is 70.1 Å². The van der Waals surface area contributed by atoms with Crippen LogP contribution in [0.1, 0.15) is 62.7 Å². The molecule has 0 bridgehead atoms. The third-order valence-corrected chi connectivity index (χ3v) is 6.20. The SMILES string of the molecule is CC(C)N1C(=O)c2ccccc2N2C(=O)CC[C@]21C(=O)OCC(=O)NC1CCCC1. The molecule has 2 fully saturated rings. The van der Waals surface area contributed by atoms with Crippen molar-refractivity contribution >= 4 is 29.4 Å². The first-order chi connectivity index (χ1) is 14.4. The number of rotatable bonds is 5. The van der Waals surface area contributed by atoms with Crippen LogP contribution in [0.4, 0.5) is 5.69 Å². The number of hydrogen-bond donors (Lipinski definition) is 1. The number of fused-ring (bicyclic) bond motifs is 3. The molecule has 0 spiro atoms. The van der Waals surface area contributed by atoms with Gasteiger partial charge in [-0.2, -0.15) is 0 Å². The Morgan fingerprint density at radius 1 is 1.20 bits per heavy atom. The number of nitrogens with zero attached hydrogens (tertiary/aromatic N) is 2. The summed E-state index contributed by atoms with van der Waals surface area (Å²) in [7, 11) is 0. The van der Waals surface area contributed by atoms with E-state index in [0.29, 0.717) is 11.3 Å². The van der Waals surface area contributed by atoms with Gasteiger partial charge in [0, 0.05) is 24.9 Å². The Morgan fingerprint density at radius 3 is 2.60 bits per heavy atom. The second-order valence-electron chi connectivity index (χ2n) is 8.46. The molecule has 1 aromatic carbocycles. The van der Waals surface area contributed by atoms with E-state index in [0.717, 1.165) is 25.7 Å². The van der Waals surface area contributed by atoms with Crippen molar-refractivity contribution in [1.29, 1.82) is 0 Å². The first-order valence-electron chi connectivity index (χ1n) is 10.6. The molecule has 2 aliphatic heterocycles. The van der Waals surface area contributed by atoms with Crippen molar-refractivity contribution in [2.24, 2.45) is 0 Å². The van der Waals surface area contributed by atoms with Gasteiger partial charge in [-0.15, -0.1) is 0 Å². The molecular weight excluding hydrogens is 386 g/mol. The Kier molecular flexibility index (Phi) is 5.26. The highest BCUT2D eigenvalue weighted by molar-refractivity contribution is 6.15. The number of para-hydroxylation sites is 1. The van der Waals surface area contributed by atoms with Crippen LogP contribution in [0.2, 0.25) is 0 Å². The normalized spacial score (nSPS) is 23.6. The largest absolute Gasteiger partial charge is 0.452 e. The van der Waals surface area contributed by atoms with Gasteiger partial charge in [-0.25, -0.2) is 4.79 Å². The van der Waals surface area contributed by atoms with E-state index in [1.54, 1.807) is 38.1 Å². The molecule has 3 aliphatic rings. The summed E-state index contributed by atoms with van der Waals surface area (Å²) < 4.78 is 5.41. The van der Waals surface area contributed by atoms with Crippen LogP contribution < -0.4 is 10.2 Å². The van der Waals surface area contributed by atoms with Gasteiger partial charge in [0.25, 0.3) is 11.8 Å². The first-order valence-corrected chi connectivity index (χ1v) is 10.6. The van der Waals surface area contributed by atoms with Gasteiger partial charge in [-0.05, 0) is 38.8 Å². The van der Waals surface area contributed by atoms with Gasteiger partial charge in [0.15, 0.2) is 6.61 Å². The van der Waals surface area contributed by atoms with E-state index in [-0.39, 0.29) is 42.6 Å². The van der Waals surface area contributed by atoms with Crippen LogP contribution in [0, 0.1) is 0 Å². The van der Waals surface area contributed by atoms with Crippen LogP contribution in [0.3, 0.4) is 0 Å². The summed E-state index contributed by atoms with van der Waals surface area (Å²) in [5.41, 5.74) is -0.775. The highest BCUT2D eigenvalue weighted by Gasteiger charge is 2.62. The Bertz CT molecular complexity index is 893. The van der Waals surface area contributed by atoms with Gasteiger partial charge in [0.2, 0.25) is 11.6 Å². The number of carbonyl (C=O) groups excluding carboxylic acids is 4. The van der Waals surface area contributed by atoms with Crippen molar-refractivity contribution in [2.75, 3.05) is 11.5 Å². The fraction of sp³-hybridized carbons (Fsp3) is 0.545. The molecule has 2 heterocycles. The lowest BCUT2D eigenvalue weighted by Crippen LogP contribution is -2.70. The second kappa shape index (κ2) is 7.74. The van der Waals surface area contributed by atoms with Gasteiger partial charge in [-0.3, -0.25) is 19.3 Å². The predicted octanol–water partition coefficient (Wildman–Crippen LogP) is 1.98. The van der Waals surface area contributed by atoms with Gasteiger partial charge in [0.1, 0.15) is 0 Å². The zero-order valence-corrected chi connectivity index (χ0v) is 17.3. The minimum Gasteiger partial charge on any atom is -0.452 e. The van der Waals surface area contributed by atoms with Crippen LogP contribution in [-0.2, 0) is 19.1 Å². The highest BCUT2D eigenvalue weighted by atomic mass is 16.5. The second-order valence-corrected chi connectivity index (χ2v) is 8.46. The summed E-state index contributed by atoms with van der Waals surface area (Å²) in [6, 6.07) is 6.56. The Hall–Kier alpha value is -2.90. The minimum atomic E-state index is -1.57. The third-order valence-electron chi connectivity index (χ3n) is 6.20. The lowest BCUT2D eigenvalue weighted by atomic mass is 9.95. The highest BCUT2D eigenvalue weighted by Crippen LogP contribution is 2.45. The molecule has 8 heteroatoms. The summed E-state index contributed by atoms with van der Waals surface area (Å²) in [6.45, 7) is 3.17.